The number of hydrogen-bond acceptors (Lipinski definition) is 6. The van der Waals surface area contributed by atoms with E-state index in [1.54, 1.807) is 24.3 Å². The molecule has 45 heavy (non-hydrogen) atoms. The molecule has 248 valence electrons. The minimum Gasteiger partial charge on any atom is -0.507 e. The van der Waals surface area contributed by atoms with E-state index < -0.39 is 50.5 Å². The first-order valence-corrected chi connectivity index (χ1v) is 15.6. The van der Waals surface area contributed by atoms with Crippen molar-refractivity contribution < 1.29 is 29.4 Å². The zero-order valence-corrected chi connectivity index (χ0v) is 29.3. The Bertz CT molecular complexity index is 1310. The lowest BCUT2D eigenvalue weighted by molar-refractivity contribution is -0.154. The molecule has 0 spiro atoms. The number of carbonyl (C=O) groups excluding carboxylic acids is 4. The van der Waals surface area contributed by atoms with Gasteiger partial charge in [-0.3, -0.25) is 19.2 Å². The Labute approximate surface area is 269 Å². The molecule has 6 N–H and O–H groups in total. The van der Waals surface area contributed by atoms with Crippen molar-refractivity contribution in [1.29, 1.82) is 0 Å². The molecule has 0 unspecified atom stereocenters. The van der Waals surface area contributed by atoms with E-state index in [0.717, 1.165) is 0 Å². The van der Waals surface area contributed by atoms with Crippen molar-refractivity contribution in [2.24, 2.45) is 16.9 Å². The van der Waals surface area contributed by atoms with Gasteiger partial charge in [0.05, 0.1) is 0 Å². The number of amides is 2. The van der Waals surface area contributed by atoms with Crippen LogP contribution >= 0.6 is 0 Å². The molecule has 0 aliphatic carbocycles. The van der Waals surface area contributed by atoms with E-state index in [9.17, 15) is 29.4 Å². The maximum atomic E-state index is 13.7. The topological polar surface area (TPSA) is 161 Å². The Morgan fingerprint density at radius 3 is 0.911 bits per heavy atom. The molecule has 0 bridgehead atoms. The van der Waals surface area contributed by atoms with Crippen molar-refractivity contribution >= 4 is 23.4 Å². The van der Waals surface area contributed by atoms with Crippen molar-refractivity contribution in [2.45, 2.75) is 130 Å². The number of Topliss-reactive ketones (excluding diaryl/α,β-unsaturated/α-hetero) is 2. The Kier molecular flexibility index (Phi) is 10.5. The molecule has 2 rings (SSSR count). The molecule has 2 aromatic rings. The van der Waals surface area contributed by atoms with Crippen LogP contribution in [0, 0.1) is 5.41 Å². The number of aryl methyl sites for hydroxylation is 2. The predicted octanol–water partition coefficient (Wildman–Crippen LogP) is 5.95. The molecule has 0 saturated heterocycles. The van der Waals surface area contributed by atoms with E-state index in [0.29, 0.717) is 33.4 Å². The van der Waals surface area contributed by atoms with Gasteiger partial charge in [-0.25, -0.2) is 0 Å². The average Bonchev–Trinajstić information content (AvgIpc) is 2.84. The molecule has 0 heterocycles. The second kappa shape index (κ2) is 12.6. The third kappa shape index (κ3) is 7.95. The summed E-state index contributed by atoms with van der Waals surface area (Å²) in [6.45, 7) is 23.6. The molecule has 0 atom stereocenters. The van der Waals surface area contributed by atoms with Gasteiger partial charge in [-0.05, 0) is 67.9 Å². The Morgan fingerprint density at radius 2 is 0.733 bits per heavy atom. The highest BCUT2D eigenvalue weighted by Crippen LogP contribution is 2.41. The van der Waals surface area contributed by atoms with Crippen LogP contribution in [0.15, 0.2) is 24.3 Å². The number of rotatable bonds is 10. The van der Waals surface area contributed by atoms with Crippen molar-refractivity contribution in [3.63, 3.8) is 0 Å². The summed E-state index contributed by atoms with van der Waals surface area (Å²) in [4.78, 5) is 53.1. The highest BCUT2D eigenvalue weighted by atomic mass is 16.3. The van der Waals surface area contributed by atoms with Gasteiger partial charge in [-0.2, -0.15) is 0 Å². The predicted molar refractivity (Wildman–Crippen MR) is 178 cm³/mol. The molecule has 0 aliphatic heterocycles. The molecule has 0 aromatic heterocycles. The maximum Gasteiger partial charge on any atom is 0.248 e. The fourth-order valence-electron chi connectivity index (χ4n) is 5.68. The molecule has 0 fully saturated rings. The van der Waals surface area contributed by atoms with E-state index in [1.807, 2.05) is 83.1 Å². The van der Waals surface area contributed by atoms with Gasteiger partial charge in [0.1, 0.15) is 11.5 Å². The first-order valence-electron chi connectivity index (χ1n) is 15.6. The molecule has 8 nitrogen and oxygen atoms in total. The lowest BCUT2D eigenvalue weighted by Gasteiger charge is -2.29. The van der Waals surface area contributed by atoms with Gasteiger partial charge >= 0.3 is 0 Å². The first-order chi connectivity index (χ1) is 20.2. The van der Waals surface area contributed by atoms with Gasteiger partial charge in [-0.1, -0.05) is 107 Å². The molecule has 0 aliphatic rings. The SMILES string of the molecule is CC(C)(C)c1cc(CCC(=O)C(C(N)=O)(C(N)=O)C(=O)CCc2cc(C(C)(C)C)c(O)c(C(C)(C)C)c2)cc(C(C)(C)C)c1O. The largest absolute Gasteiger partial charge is 0.507 e. The van der Waals surface area contributed by atoms with Gasteiger partial charge in [0.25, 0.3) is 0 Å². The average molecular weight is 623 g/mol. The lowest BCUT2D eigenvalue weighted by Crippen LogP contribution is -2.58. The minimum absolute atomic E-state index is 0.0999. The van der Waals surface area contributed by atoms with E-state index in [4.69, 9.17) is 11.5 Å². The van der Waals surface area contributed by atoms with E-state index >= 15 is 0 Å². The van der Waals surface area contributed by atoms with Gasteiger partial charge < -0.3 is 21.7 Å². The number of benzene rings is 2. The summed E-state index contributed by atoms with van der Waals surface area (Å²) >= 11 is 0. The van der Waals surface area contributed by atoms with Crippen LogP contribution in [0.2, 0.25) is 0 Å². The van der Waals surface area contributed by atoms with E-state index in [1.165, 1.54) is 0 Å². The van der Waals surface area contributed by atoms with E-state index in [-0.39, 0.29) is 37.2 Å². The fraction of sp³-hybridized carbons (Fsp3) is 0.568. The van der Waals surface area contributed by atoms with Gasteiger partial charge in [0, 0.05) is 12.8 Å². The van der Waals surface area contributed by atoms with Crippen molar-refractivity contribution in [3.05, 3.63) is 57.6 Å². The fourth-order valence-corrected chi connectivity index (χ4v) is 5.68. The minimum atomic E-state index is -2.81. The standard InChI is InChI=1S/C37H54N2O6/c1-33(2,3)23-17-21(18-24(29(23)42)34(4,5)6)13-15-27(40)37(31(38)44,32(39)45)28(41)16-14-22-19-25(35(7,8)9)30(43)26(20-22)36(10,11)12/h17-20,42-43H,13-16H2,1-12H3,(H2,38,44)(H2,39,45). The second-order valence-corrected chi connectivity index (χ2v) is 16.4. The second-order valence-electron chi connectivity index (χ2n) is 16.4. The summed E-state index contributed by atoms with van der Waals surface area (Å²) in [5.74, 6) is -4.32. The van der Waals surface area contributed by atoms with Crippen LogP contribution in [0.5, 0.6) is 11.5 Å². The maximum absolute atomic E-state index is 13.7. The Balaban J connectivity index is 2.50. The van der Waals surface area contributed by atoms with Crippen LogP contribution in [0.4, 0.5) is 0 Å². The number of nitrogens with two attached hydrogens (primary N) is 2. The van der Waals surface area contributed by atoms with Crippen molar-refractivity contribution in [3.8, 4) is 11.5 Å². The summed E-state index contributed by atoms with van der Waals surface area (Å²) in [6.07, 6.45) is -0.473. The van der Waals surface area contributed by atoms with Crippen LogP contribution < -0.4 is 11.5 Å². The summed E-state index contributed by atoms with van der Waals surface area (Å²) in [5.41, 5.74) is 11.0. The van der Waals surface area contributed by atoms with E-state index in [2.05, 4.69) is 0 Å². The molecular formula is C37H54N2O6. The highest BCUT2D eigenvalue weighted by molar-refractivity contribution is 6.37. The Hall–Kier alpha value is -3.68. The van der Waals surface area contributed by atoms with Gasteiger partial charge in [0.2, 0.25) is 17.2 Å². The monoisotopic (exact) mass is 622 g/mol. The molecule has 2 amide bonds. The molecular weight excluding hydrogens is 568 g/mol. The van der Waals surface area contributed by atoms with Crippen molar-refractivity contribution in [1.82, 2.24) is 0 Å². The number of carbonyl (C=O) groups is 4. The van der Waals surface area contributed by atoms with Gasteiger partial charge in [0.15, 0.2) is 11.6 Å². The van der Waals surface area contributed by atoms with Crippen LogP contribution in [0.1, 0.15) is 129 Å². The molecule has 8 heteroatoms. The number of ketones is 2. The van der Waals surface area contributed by atoms with Crippen LogP contribution in [-0.2, 0) is 53.7 Å². The number of aromatic hydroxyl groups is 2. The molecule has 0 saturated carbocycles. The smallest absolute Gasteiger partial charge is 0.248 e. The number of phenolic OH excluding ortho intramolecular Hbond substituents is 2. The number of primary amides is 2. The summed E-state index contributed by atoms with van der Waals surface area (Å²) in [5, 5.41) is 22.1. The van der Waals surface area contributed by atoms with Crippen molar-refractivity contribution in [2.75, 3.05) is 0 Å². The van der Waals surface area contributed by atoms with Crippen LogP contribution in [0.25, 0.3) is 0 Å². The summed E-state index contributed by atoms with van der Waals surface area (Å²) in [7, 11) is 0. The van der Waals surface area contributed by atoms with Crippen LogP contribution in [-0.4, -0.2) is 33.6 Å². The Morgan fingerprint density at radius 1 is 0.511 bits per heavy atom. The summed E-state index contributed by atoms with van der Waals surface area (Å²) in [6, 6.07) is 7.22. The third-order valence-corrected chi connectivity index (χ3v) is 8.43. The van der Waals surface area contributed by atoms with Gasteiger partial charge in [-0.15, -0.1) is 0 Å². The molecule has 2 aromatic carbocycles. The third-order valence-electron chi connectivity index (χ3n) is 8.43. The lowest BCUT2D eigenvalue weighted by atomic mass is 9.73. The summed E-state index contributed by atoms with van der Waals surface area (Å²) < 4.78 is 0. The first kappa shape index (κ1) is 37.5. The highest BCUT2D eigenvalue weighted by Gasteiger charge is 2.55. The quantitative estimate of drug-likeness (QED) is 0.240. The molecule has 0 radical (unpaired) electrons. The normalized spacial score (nSPS) is 13.1. The zero-order chi connectivity index (χ0) is 35.1. The van der Waals surface area contributed by atoms with Crippen LogP contribution in [0.3, 0.4) is 0 Å². The number of hydrogen-bond donors (Lipinski definition) is 4. The zero-order valence-electron chi connectivity index (χ0n) is 29.3. The number of phenols is 2.